The summed E-state index contributed by atoms with van der Waals surface area (Å²) >= 11 is 0. The van der Waals surface area contributed by atoms with Gasteiger partial charge in [-0.05, 0) is 24.5 Å². The lowest BCUT2D eigenvalue weighted by Gasteiger charge is -2.07. The van der Waals surface area contributed by atoms with Gasteiger partial charge in [0.2, 0.25) is 0 Å². The Balaban J connectivity index is 1.63. The Morgan fingerprint density at radius 1 is 1.35 bits per heavy atom. The second-order valence-electron chi connectivity index (χ2n) is 5.09. The molecule has 0 radical (unpaired) electrons. The van der Waals surface area contributed by atoms with Crippen molar-refractivity contribution in [3.05, 3.63) is 36.4 Å². The Bertz CT molecular complexity index is 618. The van der Waals surface area contributed by atoms with E-state index in [2.05, 4.69) is 20.7 Å². The largest absolute Gasteiger partial charge is 0.335 e. The zero-order chi connectivity index (χ0) is 13.9. The monoisotopic (exact) mass is 271 g/mol. The summed E-state index contributed by atoms with van der Waals surface area (Å²) in [4.78, 5) is 15.8. The number of amides is 2. The fourth-order valence-corrected chi connectivity index (χ4v) is 1.96. The van der Waals surface area contributed by atoms with Gasteiger partial charge >= 0.3 is 6.03 Å². The molecule has 1 aliphatic rings. The van der Waals surface area contributed by atoms with Crippen molar-refractivity contribution in [2.45, 2.75) is 25.4 Å². The number of carbonyl (C=O) groups excluding carboxylic acids is 1. The summed E-state index contributed by atoms with van der Waals surface area (Å²) < 4.78 is 1.75. The molecule has 3 rings (SSSR count). The molecule has 20 heavy (non-hydrogen) atoms. The van der Waals surface area contributed by atoms with Gasteiger partial charge in [0.1, 0.15) is 0 Å². The van der Waals surface area contributed by atoms with E-state index in [0.29, 0.717) is 12.6 Å². The SMILES string of the molecule is Cn1cc(-c2cncc(CNC(=O)NC3CC3)c2)cn1. The molecular formula is C14H17N5O. The van der Waals surface area contributed by atoms with Crippen molar-refractivity contribution in [3.63, 3.8) is 0 Å². The first-order chi connectivity index (χ1) is 9.70. The van der Waals surface area contributed by atoms with E-state index in [1.807, 2.05) is 19.3 Å². The van der Waals surface area contributed by atoms with E-state index in [1.165, 1.54) is 0 Å². The highest BCUT2D eigenvalue weighted by molar-refractivity contribution is 5.74. The third-order valence-corrected chi connectivity index (χ3v) is 3.20. The highest BCUT2D eigenvalue weighted by Gasteiger charge is 2.22. The molecule has 6 nitrogen and oxygen atoms in total. The van der Waals surface area contributed by atoms with Gasteiger partial charge in [-0.15, -0.1) is 0 Å². The molecule has 1 aliphatic carbocycles. The van der Waals surface area contributed by atoms with Crippen LogP contribution in [0.1, 0.15) is 18.4 Å². The predicted molar refractivity (Wildman–Crippen MR) is 74.8 cm³/mol. The van der Waals surface area contributed by atoms with Crippen LogP contribution in [0, 0.1) is 0 Å². The summed E-state index contributed by atoms with van der Waals surface area (Å²) in [5, 5.41) is 9.88. The minimum Gasteiger partial charge on any atom is -0.335 e. The Labute approximate surface area is 117 Å². The molecule has 6 heteroatoms. The van der Waals surface area contributed by atoms with Crippen LogP contribution in [0.3, 0.4) is 0 Å². The van der Waals surface area contributed by atoms with Crippen molar-refractivity contribution in [1.29, 1.82) is 0 Å². The van der Waals surface area contributed by atoms with Crippen LogP contribution >= 0.6 is 0 Å². The molecule has 0 spiro atoms. The first-order valence-electron chi connectivity index (χ1n) is 6.68. The van der Waals surface area contributed by atoms with Gasteiger partial charge in [0, 0.05) is 49.4 Å². The Morgan fingerprint density at radius 2 is 2.20 bits per heavy atom. The average Bonchev–Trinajstić information content (AvgIpc) is 3.15. The van der Waals surface area contributed by atoms with Crippen molar-refractivity contribution in [2.75, 3.05) is 0 Å². The number of carbonyl (C=O) groups is 1. The standard InChI is InChI=1S/C14H17N5O/c1-19-9-12(8-17-19)11-4-10(5-15-7-11)6-16-14(20)18-13-2-3-13/h4-5,7-9,13H,2-3,6H2,1H3,(H2,16,18,20). The number of pyridine rings is 1. The third kappa shape index (κ3) is 3.14. The predicted octanol–water partition coefficient (Wildman–Crippen LogP) is 1.44. The lowest BCUT2D eigenvalue weighted by molar-refractivity contribution is 0.240. The number of nitrogens with zero attached hydrogens (tertiary/aromatic N) is 3. The minimum atomic E-state index is -0.112. The van der Waals surface area contributed by atoms with Crippen LogP contribution in [0.4, 0.5) is 4.79 Å². The van der Waals surface area contributed by atoms with Crippen LogP contribution in [0.15, 0.2) is 30.9 Å². The van der Waals surface area contributed by atoms with Crippen LogP contribution < -0.4 is 10.6 Å². The highest BCUT2D eigenvalue weighted by Crippen LogP contribution is 2.19. The van der Waals surface area contributed by atoms with Crippen LogP contribution in [-0.2, 0) is 13.6 Å². The van der Waals surface area contributed by atoms with Crippen molar-refractivity contribution in [1.82, 2.24) is 25.4 Å². The first kappa shape index (κ1) is 12.7. The maximum absolute atomic E-state index is 11.6. The topological polar surface area (TPSA) is 71.8 Å². The quantitative estimate of drug-likeness (QED) is 0.884. The van der Waals surface area contributed by atoms with E-state index in [1.54, 1.807) is 23.3 Å². The molecular weight excluding hydrogens is 254 g/mol. The smallest absolute Gasteiger partial charge is 0.315 e. The van der Waals surface area contributed by atoms with Gasteiger partial charge in [0.05, 0.1) is 6.20 Å². The molecule has 104 valence electrons. The van der Waals surface area contributed by atoms with Crippen molar-refractivity contribution in [3.8, 4) is 11.1 Å². The fourth-order valence-electron chi connectivity index (χ4n) is 1.96. The lowest BCUT2D eigenvalue weighted by Crippen LogP contribution is -2.36. The first-order valence-corrected chi connectivity index (χ1v) is 6.68. The lowest BCUT2D eigenvalue weighted by atomic mass is 10.1. The fraction of sp³-hybridized carbons (Fsp3) is 0.357. The van der Waals surface area contributed by atoms with Gasteiger partial charge in [-0.25, -0.2) is 4.79 Å². The van der Waals surface area contributed by atoms with Crippen LogP contribution in [0.2, 0.25) is 0 Å². The number of nitrogens with one attached hydrogen (secondary N) is 2. The number of aromatic nitrogens is 3. The maximum atomic E-state index is 11.6. The highest BCUT2D eigenvalue weighted by atomic mass is 16.2. The molecule has 1 fully saturated rings. The van der Waals surface area contributed by atoms with E-state index >= 15 is 0 Å². The van der Waals surface area contributed by atoms with Gasteiger partial charge in [0.15, 0.2) is 0 Å². The minimum absolute atomic E-state index is 0.112. The summed E-state index contributed by atoms with van der Waals surface area (Å²) in [5.41, 5.74) is 2.99. The van der Waals surface area contributed by atoms with E-state index in [0.717, 1.165) is 29.5 Å². The molecule has 0 aliphatic heterocycles. The third-order valence-electron chi connectivity index (χ3n) is 3.20. The van der Waals surface area contributed by atoms with Crippen molar-refractivity contribution >= 4 is 6.03 Å². The van der Waals surface area contributed by atoms with Gasteiger partial charge in [-0.2, -0.15) is 5.10 Å². The van der Waals surface area contributed by atoms with Crippen molar-refractivity contribution in [2.24, 2.45) is 7.05 Å². The zero-order valence-corrected chi connectivity index (χ0v) is 11.3. The van der Waals surface area contributed by atoms with E-state index in [4.69, 9.17) is 0 Å². The van der Waals surface area contributed by atoms with Gasteiger partial charge in [0.25, 0.3) is 0 Å². The van der Waals surface area contributed by atoms with Crippen LogP contribution in [0.5, 0.6) is 0 Å². The molecule has 1 saturated carbocycles. The summed E-state index contributed by atoms with van der Waals surface area (Å²) in [6.07, 6.45) is 9.47. The molecule has 0 aromatic carbocycles. The molecule has 2 heterocycles. The molecule has 2 amide bonds. The summed E-state index contributed by atoms with van der Waals surface area (Å²) in [6, 6.07) is 2.27. The van der Waals surface area contributed by atoms with Crippen LogP contribution in [0.25, 0.3) is 11.1 Å². The number of hydrogen-bond donors (Lipinski definition) is 2. The summed E-state index contributed by atoms with van der Waals surface area (Å²) in [6.45, 7) is 0.472. The van der Waals surface area contributed by atoms with E-state index in [9.17, 15) is 4.79 Å². The van der Waals surface area contributed by atoms with E-state index in [-0.39, 0.29) is 6.03 Å². The zero-order valence-electron chi connectivity index (χ0n) is 11.3. The average molecular weight is 271 g/mol. The molecule has 2 N–H and O–H groups in total. The Hall–Kier alpha value is -2.37. The summed E-state index contributed by atoms with van der Waals surface area (Å²) in [7, 11) is 1.88. The number of urea groups is 1. The van der Waals surface area contributed by atoms with Crippen LogP contribution in [-0.4, -0.2) is 26.8 Å². The normalized spacial score (nSPS) is 14.1. The molecule has 0 bridgehead atoms. The van der Waals surface area contributed by atoms with E-state index < -0.39 is 0 Å². The molecule has 0 saturated heterocycles. The summed E-state index contributed by atoms with van der Waals surface area (Å²) in [5.74, 6) is 0. The second-order valence-corrected chi connectivity index (χ2v) is 5.09. The van der Waals surface area contributed by atoms with Gasteiger partial charge in [-0.1, -0.05) is 0 Å². The maximum Gasteiger partial charge on any atom is 0.315 e. The Morgan fingerprint density at radius 3 is 2.90 bits per heavy atom. The van der Waals surface area contributed by atoms with Gasteiger partial charge in [-0.3, -0.25) is 9.67 Å². The Kier molecular flexibility index (Phi) is 3.37. The second kappa shape index (κ2) is 5.32. The number of rotatable bonds is 4. The van der Waals surface area contributed by atoms with Crippen molar-refractivity contribution < 1.29 is 4.79 Å². The number of aryl methyl sites for hydroxylation is 1. The molecule has 2 aromatic rings. The molecule has 0 unspecified atom stereocenters. The molecule has 0 atom stereocenters. The number of hydrogen-bond acceptors (Lipinski definition) is 3. The van der Waals surface area contributed by atoms with Gasteiger partial charge < -0.3 is 10.6 Å². The molecule has 2 aromatic heterocycles.